The summed E-state index contributed by atoms with van der Waals surface area (Å²) in [4.78, 5) is 26.2. The largest absolute Gasteiger partial charge is 0.467 e. The second-order valence-corrected chi connectivity index (χ2v) is 8.28. The number of carbonyl (C=O) groups is 1. The quantitative estimate of drug-likeness (QED) is 0.594. The summed E-state index contributed by atoms with van der Waals surface area (Å²) in [7, 11) is 0. The zero-order valence-electron chi connectivity index (χ0n) is 17.5. The van der Waals surface area contributed by atoms with Gasteiger partial charge in [-0.05, 0) is 35.9 Å². The number of halogens is 1. The Morgan fingerprint density at radius 2 is 1.78 bits per heavy atom. The summed E-state index contributed by atoms with van der Waals surface area (Å²) in [6.45, 7) is 3.38. The van der Waals surface area contributed by atoms with Gasteiger partial charge in [-0.2, -0.15) is 5.10 Å². The van der Waals surface area contributed by atoms with Crippen molar-refractivity contribution in [1.29, 1.82) is 0 Å². The van der Waals surface area contributed by atoms with Gasteiger partial charge in [0.2, 0.25) is 5.95 Å². The van der Waals surface area contributed by atoms with Crippen LogP contribution in [-0.4, -0.2) is 64.2 Å². The Morgan fingerprint density at radius 3 is 2.47 bits per heavy atom. The van der Waals surface area contributed by atoms with Crippen molar-refractivity contribution >= 4 is 29.2 Å². The Labute approximate surface area is 191 Å². The van der Waals surface area contributed by atoms with Crippen LogP contribution >= 0.6 is 11.6 Å². The normalized spacial score (nSPS) is 19.3. The Kier molecular flexibility index (Phi) is 5.87. The maximum absolute atomic E-state index is 13.3. The second-order valence-electron chi connectivity index (χ2n) is 7.84. The first-order chi connectivity index (χ1) is 15.7. The molecule has 2 aromatic heterocycles. The molecule has 1 saturated heterocycles. The van der Waals surface area contributed by atoms with Crippen molar-refractivity contribution in [2.45, 2.75) is 12.5 Å². The van der Waals surface area contributed by atoms with Crippen molar-refractivity contribution in [3.8, 4) is 0 Å². The van der Waals surface area contributed by atoms with E-state index < -0.39 is 0 Å². The molecule has 0 radical (unpaired) electrons. The van der Waals surface area contributed by atoms with Gasteiger partial charge in [-0.15, -0.1) is 0 Å². The highest BCUT2D eigenvalue weighted by molar-refractivity contribution is 6.30. The van der Waals surface area contributed by atoms with Crippen molar-refractivity contribution in [3.05, 3.63) is 77.5 Å². The molecule has 4 heterocycles. The Bertz CT molecular complexity index is 1080. The molecule has 3 aromatic rings. The van der Waals surface area contributed by atoms with Crippen LogP contribution in [0.1, 0.15) is 23.8 Å². The zero-order valence-corrected chi connectivity index (χ0v) is 18.2. The maximum atomic E-state index is 13.3. The molecular formula is C23H23ClN6O2. The maximum Gasteiger partial charge on any atom is 0.257 e. The Hall–Kier alpha value is -3.23. The number of anilines is 1. The van der Waals surface area contributed by atoms with Crippen LogP contribution in [0, 0.1) is 0 Å². The molecule has 1 fully saturated rings. The molecule has 164 valence electrons. The zero-order chi connectivity index (χ0) is 21.9. The second kappa shape index (κ2) is 9.10. The van der Waals surface area contributed by atoms with Gasteiger partial charge in [-0.25, -0.2) is 15.0 Å². The van der Waals surface area contributed by atoms with Crippen molar-refractivity contribution in [2.24, 2.45) is 5.10 Å². The number of hydrogen-bond donors (Lipinski definition) is 0. The monoisotopic (exact) mass is 450 g/mol. The molecule has 0 bridgehead atoms. The van der Waals surface area contributed by atoms with E-state index in [-0.39, 0.29) is 11.9 Å². The summed E-state index contributed by atoms with van der Waals surface area (Å²) >= 11 is 6.03. The minimum atomic E-state index is -0.248. The fourth-order valence-corrected chi connectivity index (χ4v) is 4.21. The predicted octanol–water partition coefficient (Wildman–Crippen LogP) is 3.22. The summed E-state index contributed by atoms with van der Waals surface area (Å²) in [5.41, 5.74) is 1.81. The topological polar surface area (TPSA) is 78.1 Å². The van der Waals surface area contributed by atoms with Crippen LogP contribution < -0.4 is 4.90 Å². The van der Waals surface area contributed by atoms with Crippen molar-refractivity contribution < 1.29 is 9.21 Å². The molecule has 0 saturated carbocycles. The van der Waals surface area contributed by atoms with Gasteiger partial charge < -0.3 is 9.32 Å². The number of piperazine rings is 1. The minimum Gasteiger partial charge on any atom is -0.467 e. The number of hydrogen-bond acceptors (Lipinski definition) is 7. The van der Waals surface area contributed by atoms with E-state index in [1.165, 1.54) is 0 Å². The lowest BCUT2D eigenvalue weighted by Crippen LogP contribution is -2.50. The number of benzene rings is 1. The SMILES string of the molecule is O=C(CN1CCN(c2ncccn2)CC1)N1N=C(c2ccc(Cl)cc2)C[C@@H]1c1ccco1. The van der Waals surface area contributed by atoms with E-state index in [0.29, 0.717) is 18.0 Å². The summed E-state index contributed by atoms with van der Waals surface area (Å²) in [6.07, 6.45) is 5.72. The van der Waals surface area contributed by atoms with Gasteiger partial charge >= 0.3 is 0 Å². The lowest BCUT2D eigenvalue weighted by atomic mass is 10.0. The van der Waals surface area contributed by atoms with Crippen molar-refractivity contribution in [1.82, 2.24) is 19.9 Å². The third kappa shape index (κ3) is 4.37. The standard InChI is InChI=1S/C23H23ClN6O2/c24-18-6-4-17(5-7-18)19-15-20(21-3-1-14-32-21)30(27-19)22(31)16-28-10-12-29(13-11-28)23-25-8-2-9-26-23/h1-9,14,20H,10-13,15-16H2/t20-/m1/s1. The van der Waals surface area contributed by atoms with Crippen LogP contribution in [-0.2, 0) is 4.79 Å². The van der Waals surface area contributed by atoms with Gasteiger partial charge in [0.15, 0.2) is 0 Å². The Balaban J connectivity index is 1.28. The molecule has 9 heteroatoms. The minimum absolute atomic E-state index is 0.0419. The highest BCUT2D eigenvalue weighted by atomic mass is 35.5. The first-order valence-corrected chi connectivity index (χ1v) is 11.0. The highest BCUT2D eigenvalue weighted by Gasteiger charge is 2.35. The summed E-state index contributed by atoms with van der Waals surface area (Å²) < 4.78 is 5.63. The van der Waals surface area contributed by atoms with E-state index >= 15 is 0 Å². The van der Waals surface area contributed by atoms with Crippen molar-refractivity contribution in [3.63, 3.8) is 0 Å². The van der Waals surface area contributed by atoms with Gasteiger partial charge in [-0.3, -0.25) is 9.69 Å². The molecule has 0 spiro atoms. The lowest BCUT2D eigenvalue weighted by molar-refractivity contribution is -0.134. The predicted molar refractivity (Wildman–Crippen MR) is 122 cm³/mol. The molecule has 2 aliphatic heterocycles. The molecule has 0 N–H and O–H groups in total. The first kappa shape index (κ1) is 20.7. The molecule has 1 amide bonds. The number of hydrazone groups is 1. The number of amides is 1. The molecular weight excluding hydrogens is 428 g/mol. The average Bonchev–Trinajstić information content (AvgIpc) is 3.51. The van der Waals surface area contributed by atoms with Crippen LogP contribution in [0.4, 0.5) is 5.95 Å². The van der Waals surface area contributed by atoms with Crippen LogP contribution in [0.2, 0.25) is 5.02 Å². The molecule has 32 heavy (non-hydrogen) atoms. The average molecular weight is 451 g/mol. The van der Waals surface area contributed by atoms with E-state index in [2.05, 4.69) is 19.8 Å². The highest BCUT2D eigenvalue weighted by Crippen LogP contribution is 2.33. The van der Waals surface area contributed by atoms with Crippen molar-refractivity contribution in [2.75, 3.05) is 37.6 Å². The van der Waals surface area contributed by atoms with Gasteiger partial charge in [0, 0.05) is 50.0 Å². The third-order valence-electron chi connectivity index (χ3n) is 5.78. The number of nitrogens with zero attached hydrogens (tertiary/aromatic N) is 6. The Morgan fingerprint density at radius 1 is 1.03 bits per heavy atom. The first-order valence-electron chi connectivity index (χ1n) is 10.6. The van der Waals surface area contributed by atoms with E-state index in [1.807, 2.05) is 42.5 Å². The van der Waals surface area contributed by atoms with Crippen LogP contribution in [0.5, 0.6) is 0 Å². The summed E-state index contributed by atoms with van der Waals surface area (Å²) in [5, 5.41) is 6.94. The molecule has 8 nitrogen and oxygen atoms in total. The summed E-state index contributed by atoms with van der Waals surface area (Å²) in [6, 6.07) is 12.8. The molecule has 5 rings (SSSR count). The number of rotatable bonds is 5. The molecule has 0 unspecified atom stereocenters. The number of carbonyl (C=O) groups excluding carboxylic acids is 1. The van der Waals surface area contributed by atoms with E-state index in [9.17, 15) is 4.79 Å². The van der Waals surface area contributed by atoms with Crippen LogP contribution in [0.3, 0.4) is 0 Å². The smallest absolute Gasteiger partial charge is 0.257 e. The van der Waals surface area contributed by atoms with Gasteiger partial charge in [0.25, 0.3) is 5.91 Å². The number of aromatic nitrogens is 2. The van der Waals surface area contributed by atoms with E-state index in [4.69, 9.17) is 21.1 Å². The third-order valence-corrected chi connectivity index (χ3v) is 6.03. The van der Waals surface area contributed by atoms with Gasteiger partial charge in [0.1, 0.15) is 11.8 Å². The molecule has 1 aromatic carbocycles. The molecule has 1 atom stereocenters. The molecule has 0 aliphatic carbocycles. The fraction of sp³-hybridized carbons (Fsp3) is 0.304. The van der Waals surface area contributed by atoms with E-state index in [1.54, 1.807) is 23.7 Å². The lowest BCUT2D eigenvalue weighted by Gasteiger charge is -2.34. The van der Waals surface area contributed by atoms with Crippen LogP contribution in [0.25, 0.3) is 0 Å². The molecule has 2 aliphatic rings. The van der Waals surface area contributed by atoms with Gasteiger partial charge in [-0.1, -0.05) is 23.7 Å². The number of furan rings is 1. The fourth-order valence-electron chi connectivity index (χ4n) is 4.08. The van der Waals surface area contributed by atoms with Crippen LogP contribution in [0.15, 0.2) is 70.6 Å². The van der Waals surface area contributed by atoms with Gasteiger partial charge in [0.05, 0.1) is 18.5 Å². The van der Waals surface area contributed by atoms with E-state index in [0.717, 1.165) is 49.2 Å². The summed E-state index contributed by atoms with van der Waals surface area (Å²) in [5.74, 6) is 1.42.